The molecule has 0 aliphatic rings. The topological polar surface area (TPSA) is 51.9 Å². The Morgan fingerprint density at radius 2 is 2.06 bits per heavy atom. The molecule has 0 aliphatic carbocycles. The second-order valence-corrected chi connectivity index (χ2v) is 4.04. The van der Waals surface area contributed by atoms with Crippen molar-refractivity contribution >= 4 is 5.82 Å². The van der Waals surface area contributed by atoms with E-state index in [-0.39, 0.29) is 5.69 Å². The van der Waals surface area contributed by atoms with Gasteiger partial charge in [-0.2, -0.15) is 0 Å². The fraction of sp³-hybridized carbons (Fsp3) is 0.385. The summed E-state index contributed by atoms with van der Waals surface area (Å²) in [6.07, 6.45) is 5.38. The van der Waals surface area contributed by atoms with Gasteiger partial charge >= 0.3 is 5.69 Å². The van der Waals surface area contributed by atoms with Gasteiger partial charge in [-0.25, -0.2) is 9.78 Å². The Balaban J connectivity index is 2.28. The molecule has 0 bridgehead atoms. The van der Waals surface area contributed by atoms with Gasteiger partial charge in [0.25, 0.3) is 0 Å². The SMILES string of the molecule is CCNc1ncccc1Cn1ccn(CC)c1=O. The van der Waals surface area contributed by atoms with Crippen molar-refractivity contribution in [2.45, 2.75) is 26.9 Å². The average molecular weight is 246 g/mol. The van der Waals surface area contributed by atoms with Gasteiger partial charge in [0.15, 0.2) is 0 Å². The Morgan fingerprint density at radius 1 is 1.28 bits per heavy atom. The van der Waals surface area contributed by atoms with Crippen molar-refractivity contribution in [1.82, 2.24) is 14.1 Å². The van der Waals surface area contributed by atoms with E-state index in [1.807, 2.05) is 38.4 Å². The molecule has 0 fully saturated rings. The van der Waals surface area contributed by atoms with E-state index in [1.54, 1.807) is 15.3 Å². The molecule has 0 radical (unpaired) electrons. The molecule has 2 heterocycles. The van der Waals surface area contributed by atoms with Gasteiger partial charge in [-0.3, -0.25) is 9.13 Å². The van der Waals surface area contributed by atoms with Crippen LogP contribution in [0.5, 0.6) is 0 Å². The summed E-state index contributed by atoms with van der Waals surface area (Å²) >= 11 is 0. The van der Waals surface area contributed by atoms with Gasteiger partial charge in [-0.05, 0) is 19.9 Å². The number of pyridine rings is 1. The third-order valence-corrected chi connectivity index (χ3v) is 2.83. The minimum atomic E-state index is 0.0174. The molecule has 0 aromatic carbocycles. The van der Waals surface area contributed by atoms with E-state index in [0.29, 0.717) is 13.1 Å². The second-order valence-electron chi connectivity index (χ2n) is 4.04. The number of nitrogens with one attached hydrogen (secondary N) is 1. The van der Waals surface area contributed by atoms with Crippen LogP contribution in [0.2, 0.25) is 0 Å². The van der Waals surface area contributed by atoms with Gasteiger partial charge < -0.3 is 5.32 Å². The highest BCUT2D eigenvalue weighted by atomic mass is 16.1. The van der Waals surface area contributed by atoms with E-state index in [9.17, 15) is 4.79 Å². The highest BCUT2D eigenvalue weighted by Gasteiger charge is 2.06. The summed E-state index contributed by atoms with van der Waals surface area (Å²) in [5.74, 6) is 0.844. The summed E-state index contributed by atoms with van der Waals surface area (Å²) in [4.78, 5) is 16.2. The van der Waals surface area contributed by atoms with Gasteiger partial charge in [0.2, 0.25) is 0 Å². The Morgan fingerprint density at radius 3 is 2.72 bits per heavy atom. The lowest BCUT2D eigenvalue weighted by Crippen LogP contribution is -2.24. The maximum absolute atomic E-state index is 12.0. The van der Waals surface area contributed by atoms with E-state index in [1.165, 1.54) is 0 Å². The number of imidazole rings is 1. The van der Waals surface area contributed by atoms with Crippen LogP contribution in [0.25, 0.3) is 0 Å². The highest BCUT2D eigenvalue weighted by Crippen LogP contribution is 2.12. The van der Waals surface area contributed by atoms with Gasteiger partial charge in [-0.1, -0.05) is 6.07 Å². The smallest absolute Gasteiger partial charge is 0.328 e. The fourth-order valence-electron chi connectivity index (χ4n) is 1.89. The molecule has 2 rings (SSSR count). The first kappa shape index (κ1) is 12.4. The Hall–Kier alpha value is -2.04. The first-order valence-corrected chi connectivity index (χ1v) is 6.19. The Labute approximate surface area is 106 Å². The summed E-state index contributed by atoms with van der Waals surface area (Å²) in [7, 11) is 0. The molecule has 0 amide bonds. The highest BCUT2D eigenvalue weighted by molar-refractivity contribution is 5.43. The van der Waals surface area contributed by atoms with E-state index >= 15 is 0 Å². The van der Waals surface area contributed by atoms with Crippen molar-refractivity contribution in [3.8, 4) is 0 Å². The van der Waals surface area contributed by atoms with Crippen LogP contribution in [0.3, 0.4) is 0 Å². The molecule has 0 unspecified atom stereocenters. The number of rotatable bonds is 5. The number of hydrogen-bond donors (Lipinski definition) is 1. The zero-order valence-corrected chi connectivity index (χ0v) is 10.8. The van der Waals surface area contributed by atoms with E-state index in [0.717, 1.165) is 17.9 Å². The second kappa shape index (κ2) is 5.53. The molecule has 0 aliphatic heterocycles. The number of aromatic nitrogens is 3. The molecule has 0 atom stereocenters. The van der Waals surface area contributed by atoms with Crippen LogP contribution in [0.4, 0.5) is 5.82 Å². The zero-order valence-electron chi connectivity index (χ0n) is 10.8. The van der Waals surface area contributed by atoms with Crippen molar-refractivity contribution in [3.05, 3.63) is 46.8 Å². The van der Waals surface area contributed by atoms with Crippen molar-refractivity contribution in [2.24, 2.45) is 0 Å². The predicted octanol–water partition coefficient (Wildman–Crippen LogP) is 1.54. The number of nitrogens with zero attached hydrogens (tertiary/aromatic N) is 3. The molecular formula is C13H18N4O. The number of aryl methyl sites for hydroxylation is 1. The van der Waals surface area contributed by atoms with Crippen molar-refractivity contribution < 1.29 is 0 Å². The Bertz CT molecular complexity index is 570. The molecule has 2 aromatic rings. The summed E-state index contributed by atoms with van der Waals surface area (Å²) in [6.45, 7) is 6.04. The average Bonchev–Trinajstić information content (AvgIpc) is 2.73. The molecule has 2 aromatic heterocycles. The van der Waals surface area contributed by atoms with Gasteiger partial charge in [-0.15, -0.1) is 0 Å². The number of hydrogen-bond acceptors (Lipinski definition) is 3. The first-order valence-electron chi connectivity index (χ1n) is 6.19. The maximum Gasteiger partial charge on any atom is 0.328 e. The molecule has 96 valence electrons. The van der Waals surface area contributed by atoms with Crippen LogP contribution in [-0.4, -0.2) is 20.7 Å². The minimum Gasteiger partial charge on any atom is -0.370 e. The normalized spacial score (nSPS) is 10.6. The third-order valence-electron chi connectivity index (χ3n) is 2.83. The standard InChI is InChI=1S/C13H18N4O/c1-3-14-12-11(6-5-7-15-12)10-17-9-8-16(4-2)13(17)18/h5-9H,3-4,10H2,1-2H3,(H,14,15). The summed E-state index contributed by atoms with van der Waals surface area (Å²) in [6, 6.07) is 3.87. The molecule has 0 saturated carbocycles. The molecule has 5 nitrogen and oxygen atoms in total. The molecule has 0 spiro atoms. The van der Waals surface area contributed by atoms with Crippen LogP contribution in [-0.2, 0) is 13.1 Å². The van der Waals surface area contributed by atoms with E-state index < -0.39 is 0 Å². The fourth-order valence-corrected chi connectivity index (χ4v) is 1.89. The molecular weight excluding hydrogens is 228 g/mol. The Kier molecular flexibility index (Phi) is 3.82. The van der Waals surface area contributed by atoms with Crippen LogP contribution >= 0.6 is 0 Å². The summed E-state index contributed by atoms with van der Waals surface area (Å²) in [5.41, 5.74) is 1.04. The van der Waals surface area contributed by atoms with Gasteiger partial charge in [0.05, 0.1) is 6.54 Å². The molecule has 1 N–H and O–H groups in total. The molecule has 0 saturated heterocycles. The molecule has 5 heteroatoms. The zero-order chi connectivity index (χ0) is 13.0. The van der Waals surface area contributed by atoms with E-state index in [2.05, 4.69) is 10.3 Å². The van der Waals surface area contributed by atoms with Crippen LogP contribution in [0, 0.1) is 0 Å². The van der Waals surface area contributed by atoms with Crippen molar-refractivity contribution in [2.75, 3.05) is 11.9 Å². The van der Waals surface area contributed by atoms with Gasteiger partial charge in [0.1, 0.15) is 5.82 Å². The minimum absolute atomic E-state index is 0.0174. The largest absolute Gasteiger partial charge is 0.370 e. The lowest BCUT2D eigenvalue weighted by atomic mass is 10.2. The quantitative estimate of drug-likeness (QED) is 0.870. The predicted molar refractivity (Wildman–Crippen MR) is 71.9 cm³/mol. The van der Waals surface area contributed by atoms with Crippen molar-refractivity contribution in [3.63, 3.8) is 0 Å². The van der Waals surface area contributed by atoms with E-state index in [4.69, 9.17) is 0 Å². The van der Waals surface area contributed by atoms with Crippen LogP contribution in [0.15, 0.2) is 35.5 Å². The van der Waals surface area contributed by atoms with Crippen LogP contribution < -0.4 is 11.0 Å². The monoisotopic (exact) mass is 246 g/mol. The first-order chi connectivity index (χ1) is 8.76. The maximum atomic E-state index is 12.0. The number of anilines is 1. The lowest BCUT2D eigenvalue weighted by Gasteiger charge is -2.09. The van der Waals surface area contributed by atoms with Gasteiger partial charge in [0, 0.05) is 37.2 Å². The summed E-state index contributed by atoms with van der Waals surface area (Å²) < 4.78 is 3.38. The lowest BCUT2D eigenvalue weighted by molar-refractivity contribution is 0.668. The molecule has 18 heavy (non-hydrogen) atoms. The van der Waals surface area contributed by atoms with Crippen molar-refractivity contribution in [1.29, 1.82) is 0 Å². The third kappa shape index (κ3) is 2.45. The van der Waals surface area contributed by atoms with Crippen LogP contribution in [0.1, 0.15) is 19.4 Å². The summed E-state index contributed by atoms with van der Waals surface area (Å²) in [5, 5.41) is 3.20.